The van der Waals surface area contributed by atoms with Crippen LogP contribution in [0.4, 0.5) is 0 Å². The SMILES string of the molecule is CC(C)(C)SC(=O)C[C@H]1CCCC[C@H]1O. The molecule has 0 radical (unpaired) electrons. The minimum absolute atomic E-state index is 0.00327. The maximum absolute atomic E-state index is 11.7. The van der Waals surface area contributed by atoms with Gasteiger partial charge in [0.1, 0.15) is 0 Å². The fraction of sp³-hybridized carbons (Fsp3) is 0.917. The lowest BCUT2D eigenvalue weighted by molar-refractivity contribution is -0.113. The summed E-state index contributed by atoms with van der Waals surface area (Å²) in [5, 5.41) is 9.98. The van der Waals surface area contributed by atoms with Crippen LogP contribution >= 0.6 is 11.8 Å². The third-order valence-corrected chi connectivity index (χ3v) is 3.72. The Kier molecular flexibility index (Phi) is 4.65. The highest BCUT2D eigenvalue weighted by Gasteiger charge is 2.27. The third kappa shape index (κ3) is 5.03. The maximum Gasteiger partial charge on any atom is 0.189 e. The van der Waals surface area contributed by atoms with E-state index in [1.54, 1.807) is 0 Å². The van der Waals surface area contributed by atoms with Gasteiger partial charge in [0.15, 0.2) is 5.12 Å². The summed E-state index contributed by atoms with van der Waals surface area (Å²) < 4.78 is -0.00327. The van der Waals surface area contributed by atoms with Crippen LogP contribution in [0.5, 0.6) is 0 Å². The summed E-state index contributed by atoms with van der Waals surface area (Å²) in [6, 6.07) is 0. The molecule has 0 bridgehead atoms. The van der Waals surface area contributed by atoms with Crippen molar-refractivity contribution in [2.45, 2.75) is 63.7 Å². The molecular weight excluding hydrogens is 208 g/mol. The summed E-state index contributed by atoms with van der Waals surface area (Å²) in [6.07, 6.45) is 4.45. The average molecular weight is 230 g/mol. The van der Waals surface area contributed by atoms with Crippen molar-refractivity contribution in [3.63, 3.8) is 0 Å². The van der Waals surface area contributed by atoms with Gasteiger partial charge in [-0.15, -0.1) is 0 Å². The number of hydrogen-bond donors (Lipinski definition) is 1. The minimum Gasteiger partial charge on any atom is -0.393 e. The van der Waals surface area contributed by atoms with Crippen molar-refractivity contribution in [3.05, 3.63) is 0 Å². The molecule has 0 heterocycles. The summed E-state index contributed by atoms with van der Waals surface area (Å²) in [5.41, 5.74) is 0. The Morgan fingerprint density at radius 1 is 1.33 bits per heavy atom. The van der Waals surface area contributed by atoms with E-state index >= 15 is 0 Å². The fourth-order valence-electron chi connectivity index (χ4n) is 2.02. The van der Waals surface area contributed by atoms with E-state index in [1.165, 1.54) is 11.8 Å². The van der Waals surface area contributed by atoms with E-state index in [9.17, 15) is 9.90 Å². The van der Waals surface area contributed by atoms with Crippen LogP contribution in [0, 0.1) is 5.92 Å². The molecule has 0 unspecified atom stereocenters. The Morgan fingerprint density at radius 2 is 1.93 bits per heavy atom. The predicted molar refractivity (Wildman–Crippen MR) is 64.9 cm³/mol. The summed E-state index contributed by atoms with van der Waals surface area (Å²) >= 11 is 1.40. The topological polar surface area (TPSA) is 37.3 Å². The molecule has 2 atom stereocenters. The summed E-state index contributed by atoms with van der Waals surface area (Å²) in [4.78, 5) is 11.7. The molecule has 0 spiro atoms. The van der Waals surface area contributed by atoms with Crippen molar-refractivity contribution in [2.75, 3.05) is 0 Å². The van der Waals surface area contributed by atoms with Gasteiger partial charge in [-0.1, -0.05) is 45.4 Å². The lowest BCUT2D eigenvalue weighted by Crippen LogP contribution is -2.27. The van der Waals surface area contributed by atoms with Crippen molar-refractivity contribution in [1.29, 1.82) is 0 Å². The van der Waals surface area contributed by atoms with Crippen molar-refractivity contribution in [2.24, 2.45) is 5.92 Å². The third-order valence-electron chi connectivity index (χ3n) is 2.72. The molecule has 0 aromatic rings. The van der Waals surface area contributed by atoms with Gasteiger partial charge in [0.25, 0.3) is 0 Å². The van der Waals surface area contributed by atoms with Crippen LogP contribution in [-0.2, 0) is 4.79 Å². The first kappa shape index (κ1) is 13.0. The molecule has 1 N–H and O–H groups in total. The summed E-state index contributed by atoms with van der Waals surface area (Å²) in [6.45, 7) is 6.15. The normalized spacial score (nSPS) is 27.7. The molecule has 15 heavy (non-hydrogen) atoms. The van der Waals surface area contributed by atoms with Crippen LogP contribution < -0.4 is 0 Å². The van der Waals surface area contributed by atoms with Gasteiger partial charge in [0, 0.05) is 11.2 Å². The molecule has 3 heteroatoms. The van der Waals surface area contributed by atoms with Gasteiger partial charge in [0.05, 0.1) is 6.10 Å². The fourth-order valence-corrected chi connectivity index (χ4v) is 3.00. The number of thioether (sulfide) groups is 1. The van der Waals surface area contributed by atoms with Gasteiger partial charge in [-0.2, -0.15) is 0 Å². The standard InChI is InChI=1S/C12H22O2S/c1-12(2,3)15-11(14)8-9-6-4-5-7-10(9)13/h9-10,13H,4-8H2,1-3H3/t9-,10-/m1/s1. The Morgan fingerprint density at radius 3 is 2.47 bits per heavy atom. The molecule has 0 saturated heterocycles. The van der Waals surface area contributed by atoms with Crippen LogP contribution in [0.2, 0.25) is 0 Å². The summed E-state index contributed by atoms with van der Waals surface area (Å²) in [5.74, 6) is 0.209. The Hall–Kier alpha value is -0.0200. The average Bonchev–Trinajstić information content (AvgIpc) is 2.05. The molecule has 2 nitrogen and oxygen atoms in total. The Labute approximate surface area is 96.8 Å². The van der Waals surface area contributed by atoms with Gasteiger partial charge in [-0.25, -0.2) is 0 Å². The van der Waals surface area contributed by atoms with Crippen molar-refractivity contribution in [3.8, 4) is 0 Å². The number of aliphatic hydroxyl groups is 1. The van der Waals surface area contributed by atoms with Crippen molar-refractivity contribution in [1.82, 2.24) is 0 Å². The number of rotatable bonds is 2. The first-order chi connectivity index (χ1) is 6.88. The monoisotopic (exact) mass is 230 g/mol. The molecule has 1 aliphatic rings. The lowest BCUT2D eigenvalue weighted by Gasteiger charge is -2.27. The molecule has 0 aliphatic heterocycles. The van der Waals surface area contributed by atoms with Crippen molar-refractivity contribution < 1.29 is 9.90 Å². The van der Waals surface area contributed by atoms with Gasteiger partial charge >= 0.3 is 0 Å². The second-order valence-corrected chi connectivity index (χ2v) is 7.29. The predicted octanol–water partition coefficient (Wildman–Crippen LogP) is 2.99. The molecule has 0 aromatic carbocycles. The highest BCUT2D eigenvalue weighted by molar-refractivity contribution is 8.14. The smallest absolute Gasteiger partial charge is 0.189 e. The van der Waals surface area contributed by atoms with Crippen LogP contribution in [0.25, 0.3) is 0 Å². The molecule has 1 saturated carbocycles. The second kappa shape index (κ2) is 5.35. The van der Waals surface area contributed by atoms with E-state index in [0.29, 0.717) is 6.42 Å². The van der Waals surface area contributed by atoms with E-state index in [2.05, 4.69) is 0 Å². The molecular formula is C12H22O2S. The zero-order valence-electron chi connectivity index (χ0n) is 9.95. The maximum atomic E-state index is 11.7. The number of carbonyl (C=O) groups excluding carboxylic acids is 1. The lowest BCUT2D eigenvalue weighted by atomic mass is 9.85. The van der Waals surface area contributed by atoms with Crippen LogP contribution in [0.1, 0.15) is 52.9 Å². The molecule has 0 aromatic heterocycles. The first-order valence-corrected chi connectivity index (χ1v) is 6.60. The molecule has 1 rings (SSSR count). The highest BCUT2D eigenvalue weighted by Crippen LogP contribution is 2.32. The van der Waals surface area contributed by atoms with Gasteiger partial charge < -0.3 is 5.11 Å². The highest BCUT2D eigenvalue weighted by atomic mass is 32.2. The molecule has 1 fully saturated rings. The summed E-state index contributed by atoms with van der Waals surface area (Å²) in [7, 11) is 0. The number of carbonyl (C=O) groups is 1. The Balaban J connectivity index is 2.36. The van der Waals surface area contributed by atoms with E-state index < -0.39 is 0 Å². The largest absolute Gasteiger partial charge is 0.393 e. The van der Waals surface area contributed by atoms with Crippen LogP contribution in [0.3, 0.4) is 0 Å². The zero-order chi connectivity index (χ0) is 11.5. The van der Waals surface area contributed by atoms with Crippen LogP contribution in [0.15, 0.2) is 0 Å². The van der Waals surface area contributed by atoms with E-state index in [0.717, 1.165) is 25.7 Å². The van der Waals surface area contributed by atoms with Gasteiger partial charge in [-0.3, -0.25) is 4.79 Å². The molecule has 0 amide bonds. The van der Waals surface area contributed by atoms with E-state index in [1.807, 2.05) is 20.8 Å². The van der Waals surface area contributed by atoms with E-state index in [-0.39, 0.29) is 21.9 Å². The number of aliphatic hydroxyl groups excluding tert-OH is 1. The van der Waals surface area contributed by atoms with Gasteiger partial charge in [-0.05, 0) is 18.8 Å². The van der Waals surface area contributed by atoms with Gasteiger partial charge in [0.2, 0.25) is 0 Å². The quantitative estimate of drug-likeness (QED) is 0.792. The van der Waals surface area contributed by atoms with Crippen LogP contribution in [-0.4, -0.2) is 21.1 Å². The molecule has 1 aliphatic carbocycles. The van der Waals surface area contributed by atoms with Crippen molar-refractivity contribution >= 4 is 16.9 Å². The Bertz CT molecular complexity index is 220. The first-order valence-electron chi connectivity index (χ1n) is 5.78. The zero-order valence-corrected chi connectivity index (χ0v) is 10.8. The van der Waals surface area contributed by atoms with E-state index in [4.69, 9.17) is 0 Å². The molecule has 88 valence electrons. The second-order valence-electron chi connectivity index (χ2n) is 5.40. The minimum atomic E-state index is -0.247. The number of hydrogen-bond acceptors (Lipinski definition) is 3.